The van der Waals surface area contributed by atoms with Gasteiger partial charge in [-0.1, -0.05) is 194 Å². The van der Waals surface area contributed by atoms with Crippen LogP contribution in [-0.2, 0) is 5.41 Å². The van der Waals surface area contributed by atoms with Crippen LogP contribution >= 0.6 is 11.3 Å². The van der Waals surface area contributed by atoms with Crippen molar-refractivity contribution in [3.8, 4) is 56.2 Å². The Bertz CT molecular complexity index is 3030. The second kappa shape index (κ2) is 13.1. The molecule has 262 valence electrons. The SMILES string of the molecule is c1ccc(-c2nc(-c3ccccc3-c3ccc(C4(c5ccccc5)c5ccccc5-c5ccccc54)cc3)cc(-c3cccc4c3sc3ccccc34)n2)cc1. The van der Waals surface area contributed by atoms with Gasteiger partial charge in [-0.15, -0.1) is 11.3 Å². The molecule has 0 spiro atoms. The second-order valence-corrected chi connectivity index (χ2v) is 15.5. The molecule has 56 heavy (non-hydrogen) atoms. The van der Waals surface area contributed by atoms with Gasteiger partial charge < -0.3 is 0 Å². The van der Waals surface area contributed by atoms with Gasteiger partial charge in [-0.05, 0) is 56.6 Å². The van der Waals surface area contributed by atoms with E-state index in [2.05, 4.69) is 200 Å². The van der Waals surface area contributed by atoms with Crippen LogP contribution in [-0.4, -0.2) is 9.97 Å². The largest absolute Gasteiger partial charge is 0.228 e. The summed E-state index contributed by atoms with van der Waals surface area (Å²) in [6.45, 7) is 0. The van der Waals surface area contributed by atoms with Crippen LogP contribution in [0.25, 0.3) is 76.3 Å². The summed E-state index contributed by atoms with van der Waals surface area (Å²) in [5.41, 5.74) is 14.5. The Hall–Kier alpha value is -6.94. The van der Waals surface area contributed by atoms with Crippen molar-refractivity contribution < 1.29 is 0 Å². The molecule has 0 aliphatic heterocycles. The zero-order chi connectivity index (χ0) is 37.1. The van der Waals surface area contributed by atoms with E-state index in [1.165, 1.54) is 53.6 Å². The fourth-order valence-electron chi connectivity index (χ4n) is 8.96. The van der Waals surface area contributed by atoms with Crippen molar-refractivity contribution in [2.24, 2.45) is 0 Å². The van der Waals surface area contributed by atoms with Crippen molar-refractivity contribution in [3.05, 3.63) is 229 Å². The van der Waals surface area contributed by atoms with Crippen LogP contribution in [0.4, 0.5) is 0 Å². The van der Waals surface area contributed by atoms with Crippen molar-refractivity contribution in [1.29, 1.82) is 0 Å². The van der Waals surface area contributed by atoms with Gasteiger partial charge in [0.25, 0.3) is 0 Å². The molecule has 3 heteroatoms. The summed E-state index contributed by atoms with van der Waals surface area (Å²) in [5.74, 6) is 0.713. The first-order chi connectivity index (χ1) is 27.8. The van der Waals surface area contributed by atoms with Gasteiger partial charge in [0.05, 0.1) is 16.8 Å². The summed E-state index contributed by atoms with van der Waals surface area (Å²) in [6, 6.07) is 74.4. The maximum absolute atomic E-state index is 5.28. The van der Waals surface area contributed by atoms with E-state index >= 15 is 0 Å². The molecule has 8 aromatic carbocycles. The molecule has 0 fully saturated rings. The van der Waals surface area contributed by atoms with E-state index in [-0.39, 0.29) is 0 Å². The van der Waals surface area contributed by atoms with E-state index in [4.69, 9.17) is 9.97 Å². The number of hydrogen-bond donors (Lipinski definition) is 0. The molecule has 11 rings (SSSR count). The van der Waals surface area contributed by atoms with E-state index in [0.29, 0.717) is 5.82 Å². The zero-order valence-electron chi connectivity index (χ0n) is 30.4. The molecule has 0 unspecified atom stereocenters. The Balaban J connectivity index is 1.08. The van der Waals surface area contributed by atoms with Gasteiger partial charge in [-0.25, -0.2) is 9.97 Å². The number of fused-ring (bicyclic) bond motifs is 6. The molecule has 2 aromatic heterocycles. The van der Waals surface area contributed by atoms with Gasteiger partial charge >= 0.3 is 0 Å². The van der Waals surface area contributed by atoms with Crippen LogP contribution in [0, 0.1) is 0 Å². The van der Waals surface area contributed by atoms with Crippen LogP contribution in [0.5, 0.6) is 0 Å². The van der Waals surface area contributed by atoms with Crippen molar-refractivity contribution in [1.82, 2.24) is 9.97 Å². The quantitative estimate of drug-likeness (QED) is 0.170. The molecule has 10 aromatic rings. The monoisotopic (exact) mass is 730 g/mol. The van der Waals surface area contributed by atoms with Crippen molar-refractivity contribution >= 4 is 31.5 Å². The minimum absolute atomic E-state index is 0.438. The normalized spacial score (nSPS) is 12.8. The molecule has 1 aliphatic carbocycles. The second-order valence-electron chi connectivity index (χ2n) is 14.4. The number of nitrogens with zero attached hydrogens (tertiary/aromatic N) is 2. The van der Waals surface area contributed by atoms with Crippen LogP contribution in [0.3, 0.4) is 0 Å². The van der Waals surface area contributed by atoms with Gasteiger partial charge in [0.1, 0.15) is 0 Å². The molecule has 0 saturated carbocycles. The first-order valence-corrected chi connectivity index (χ1v) is 19.9. The van der Waals surface area contributed by atoms with E-state index in [1.54, 1.807) is 0 Å². The molecule has 1 aliphatic rings. The van der Waals surface area contributed by atoms with Gasteiger partial charge in [0.15, 0.2) is 5.82 Å². The summed E-state index contributed by atoms with van der Waals surface area (Å²) in [5, 5.41) is 2.53. The van der Waals surface area contributed by atoms with Crippen molar-refractivity contribution in [2.45, 2.75) is 5.41 Å². The van der Waals surface area contributed by atoms with Gasteiger partial charge in [0, 0.05) is 36.9 Å². The van der Waals surface area contributed by atoms with E-state index in [1.807, 2.05) is 17.4 Å². The predicted molar refractivity (Wildman–Crippen MR) is 234 cm³/mol. The number of hydrogen-bond acceptors (Lipinski definition) is 3. The summed E-state index contributed by atoms with van der Waals surface area (Å²) >= 11 is 1.83. The summed E-state index contributed by atoms with van der Waals surface area (Å²) < 4.78 is 2.52. The lowest BCUT2D eigenvalue weighted by Crippen LogP contribution is -2.28. The number of benzene rings is 8. The van der Waals surface area contributed by atoms with E-state index < -0.39 is 5.41 Å². The molecule has 0 bridgehead atoms. The highest BCUT2D eigenvalue weighted by molar-refractivity contribution is 7.26. The highest BCUT2D eigenvalue weighted by Crippen LogP contribution is 2.56. The minimum atomic E-state index is -0.438. The fraction of sp³-hybridized carbons (Fsp3) is 0.0189. The van der Waals surface area contributed by atoms with Crippen LogP contribution in [0.2, 0.25) is 0 Å². The Morgan fingerprint density at radius 2 is 0.875 bits per heavy atom. The molecule has 2 heterocycles. The first kappa shape index (κ1) is 32.5. The standard InChI is InChI=1S/C53H34N2S/c1-3-16-36(17-4-1)52-54-48(34-49(55-52)45-26-15-25-44-43-24-11-14-29-50(43)56-51(44)45)42-23-8-7-20-39(42)35-30-32-38(33-31-35)53(37-18-5-2-6-19-37)46-27-12-9-21-40(46)41-22-10-13-28-47(41)53/h1-34H. The number of aromatic nitrogens is 2. The molecular formula is C53H34N2S. The first-order valence-electron chi connectivity index (χ1n) is 19.1. The average molecular weight is 731 g/mol. The number of rotatable bonds is 6. The third-order valence-corrected chi connectivity index (χ3v) is 12.6. The predicted octanol–water partition coefficient (Wildman–Crippen LogP) is 13.9. The molecule has 2 nitrogen and oxygen atoms in total. The highest BCUT2D eigenvalue weighted by atomic mass is 32.1. The summed E-state index contributed by atoms with van der Waals surface area (Å²) in [4.78, 5) is 10.5. The Morgan fingerprint density at radius 3 is 1.59 bits per heavy atom. The molecule has 0 N–H and O–H groups in total. The third-order valence-electron chi connectivity index (χ3n) is 11.4. The Morgan fingerprint density at radius 1 is 0.357 bits per heavy atom. The number of thiophene rings is 1. The maximum atomic E-state index is 5.28. The third kappa shape index (κ3) is 5.02. The molecule has 0 amide bonds. The lowest BCUT2D eigenvalue weighted by atomic mass is 9.67. The molecule has 0 saturated heterocycles. The van der Waals surface area contributed by atoms with Crippen LogP contribution < -0.4 is 0 Å². The Labute approximate surface area is 330 Å². The lowest BCUT2D eigenvalue weighted by Gasteiger charge is -2.34. The molecule has 0 radical (unpaired) electrons. The van der Waals surface area contributed by atoms with E-state index in [9.17, 15) is 0 Å². The van der Waals surface area contributed by atoms with Crippen LogP contribution in [0.1, 0.15) is 22.3 Å². The summed E-state index contributed by atoms with van der Waals surface area (Å²) in [7, 11) is 0. The Kier molecular flexibility index (Phi) is 7.61. The van der Waals surface area contributed by atoms with Crippen molar-refractivity contribution in [3.63, 3.8) is 0 Å². The lowest BCUT2D eigenvalue weighted by molar-refractivity contribution is 0.768. The molecular weight excluding hydrogens is 697 g/mol. The van der Waals surface area contributed by atoms with Crippen molar-refractivity contribution in [2.75, 3.05) is 0 Å². The van der Waals surface area contributed by atoms with Gasteiger partial charge in [-0.3, -0.25) is 0 Å². The average Bonchev–Trinajstić information content (AvgIpc) is 3.81. The molecule has 0 atom stereocenters. The highest BCUT2D eigenvalue weighted by Gasteiger charge is 2.45. The maximum Gasteiger partial charge on any atom is 0.160 e. The van der Waals surface area contributed by atoms with Crippen LogP contribution in [0.15, 0.2) is 206 Å². The fourth-order valence-corrected chi connectivity index (χ4v) is 10.2. The van der Waals surface area contributed by atoms with Gasteiger partial charge in [-0.2, -0.15) is 0 Å². The smallest absolute Gasteiger partial charge is 0.160 e. The van der Waals surface area contributed by atoms with Gasteiger partial charge in [0.2, 0.25) is 0 Å². The summed E-state index contributed by atoms with van der Waals surface area (Å²) in [6.07, 6.45) is 0. The minimum Gasteiger partial charge on any atom is -0.228 e. The zero-order valence-corrected chi connectivity index (χ0v) is 31.2. The van der Waals surface area contributed by atoms with E-state index in [0.717, 1.165) is 39.2 Å². The topological polar surface area (TPSA) is 25.8 Å².